The maximum atomic E-state index is 11.9. The average Bonchev–Trinajstić information content (AvgIpc) is 2.49. The molecule has 5 nitrogen and oxygen atoms in total. The Morgan fingerprint density at radius 2 is 1.90 bits per heavy atom. The van der Waals surface area contributed by atoms with Gasteiger partial charge in [-0.15, -0.1) is 0 Å². The summed E-state index contributed by atoms with van der Waals surface area (Å²) >= 11 is 0. The molecular formula is C16H24N2O3. The van der Waals surface area contributed by atoms with Crippen molar-refractivity contribution in [3.8, 4) is 0 Å². The highest BCUT2D eigenvalue weighted by Gasteiger charge is 2.18. The van der Waals surface area contributed by atoms with Crippen LogP contribution in [0.2, 0.25) is 0 Å². The first-order valence-electron chi connectivity index (χ1n) is 7.41. The fraction of sp³-hybridized carbons (Fsp3) is 0.562. The lowest BCUT2D eigenvalue weighted by Crippen LogP contribution is -2.42. The standard InChI is InChI=1S/C16H24N2O3/c1-21-12-14-4-2-13(3-5-14)10-17-16(20)11-18-8-6-15(19)7-9-18/h2-5,15,19H,6-12H2,1H3,(H,17,20). The molecule has 116 valence electrons. The summed E-state index contributed by atoms with van der Waals surface area (Å²) in [6.07, 6.45) is 1.32. The number of aliphatic hydroxyl groups is 1. The van der Waals surface area contributed by atoms with Crippen LogP contribution < -0.4 is 5.32 Å². The van der Waals surface area contributed by atoms with Gasteiger partial charge in [0.2, 0.25) is 5.91 Å². The van der Waals surface area contributed by atoms with Gasteiger partial charge in [0.25, 0.3) is 0 Å². The predicted octanol–water partition coefficient (Wildman–Crippen LogP) is 0.906. The molecule has 5 heteroatoms. The number of benzene rings is 1. The predicted molar refractivity (Wildman–Crippen MR) is 80.7 cm³/mol. The molecule has 1 aliphatic heterocycles. The normalized spacial score (nSPS) is 16.9. The molecular weight excluding hydrogens is 268 g/mol. The van der Waals surface area contributed by atoms with Crippen molar-refractivity contribution in [1.29, 1.82) is 0 Å². The lowest BCUT2D eigenvalue weighted by atomic mass is 10.1. The molecule has 1 aromatic carbocycles. The number of hydrogen-bond acceptors (Lipinski definition) is 4. The maximum Gasteiger partial charge on any atom is 0.234 e. The van der Waals surface area contributed by atoms with E-state index in [9.17, 15) is 9.90 Å². The molecule has 0 bridgehead atoms. The van der Waals surface area contributed by atoms with Crippen molar-refractivity contribution in [2.24, 2.45) is 0 Å². The van der Waals surface area contributed by atoms with Gasteiger partial charge in [-0.25, -0.2) is 0 Å². The number of piperidine rings is 1. The highest BCUT2D eigenvalue weighted by atomic mass is 16.5. The van der Waals surface area contributed by atoms with Crippen LogP contribution in [0.5, 0.6) is 0 Å². The Kier molecular flexibility index (Phi) is 6.17. The molecule has 1 saturated heterocycles. The zero-order valence-corrected chi connectivity index (χ0v) is 12.5. The van der Waals surface area contributed by atoms with E-state index in [0.717, 1.165) is 37.1 Å². The van der Waals surface area contributed by atoms with Gasteiger partial charge < -0.3 is 15.2 Å². The van der Waals surface area contributed by atoms with Crippen LogP contribution in [0.1, 0.15) is 24.0 Å². The number of nitrogens with zero attached hydrogens (tertiary/aromatic N) is 1. The van der Waals surface area contributed by atoms with Crippen LogP contribution in [-0.2, 0) is 22.7 Å². The van der Waals surface area contributed by atoms with E-state index in [-0.39, 0.29) is 12.0 Å². The van der Waals surface area contributed by atoms with Gasteiger partial charge in [-0.2, -0.15) is 0 Å². The molecule has 2 rings (SSSR count). The number of nitrogens with one attached hydrogen (secondary N) is 1. The van der Waals surface area contributed by atoms with E-state index in [2.05, 4.69) is 10.2 Å². The number of carbonyl (C=O) groups is 1. The summed E-state index contributed by atoms with van der Waals surface area (Å²) in [7, 11) is 1.67. The molecule has 0 saturated carbocycles. The molecule has 1 fully saturated rings. The largest absolute Gasteiger partial charge is 0.393 e. The first kappa shape index (κ1) is 15.9. The van der Waals surface area contributed by atoms with Crippen molar-refractivity contribution >= 4 is 5.91 Å². The van der Waals surface area contributed by atoms with Crippen molar-refractivity contribution < 1.29 is 14.6 Å². The number of amides is 1. The lowest BCUT2D eigenvalue weighted by Gasteiger charge is -2.28. The van der Waals surface area contributed by atoms with Gasteiger partial charge in [0.1, 0.15) is 0 Å². The van der Waals surface area contributed by atoms with E-state index < -0.39 is 0 Å². The van der Waals surface area contributed by atoms with Crippen molar-refractivity contribution in [2.45, 2.75) is 32.1 Å². The second kappa shape index (κ2) is 8.12. The molecule has 0 atom stereocenters. The molecule has 0 aliphatic carbocycles. The molecule has 1 aromatic rings. The van der Waals surface area contributed by atoms with Gasteiger partial charge in [0.15, 0.2) is 0 Å². The Balaban J connectivity index is 1.71. The number of methoxy groups -OCH3 is 1. The number of carbonyl (C=O) groups excluding carboxylic acids is 1. The van der Waals surface area contributed by atoms with Crippen LogP contribution in [0.25, 0.3) is 0 Å². The zero-order chi connectivity index (χ0) is 15.1. The topological polar surface area (TPSA) is 61.8 Å². The minimum atomic E-state index is -0.199. The van der Waals surface area contributed by atoms with E-state index >= 15 is 0 Å². The van der Waals surface area contributed by atoms with Crippen LogP contribution >= 0.6 is 0 Å². The molecule has 0 radical (unpaired) electrons. The van der Waals surface area contributed by atoms with Crippen molar-refractivity contribution in [2.75, 3.05) is 26.7 Å². The summed E-state index contributed by atoms with van der Waals surface area (Å²) < 4.78 is 5.06. The Hall–Kier alpha value is -1.43. The maximum absolute atomic E-state index is 11.9. The summed E-state index contributed by atoms with van der Waals surface area (Å²) in [6, 6.07) is 8.03. The molecule has 21 heavy (non-hydrogen) atoms. The minimum Gasteiger partial charge on any atom is -0.393 e. The first-order valence-corrected chi connectivity index (χ1v) is 7.41. The third-order valence-electron chi connectivity index (χ3n) is 3.75. The molecule has 0 aromatic heterocycles. The third-order valence-corrected chi connectivity index (χ3v) is 3.75. The Morgan fingerprint density at radius 3 is 2.52 bits per heavy atom. The molecule has 1 heterocycles. The van der Waals surface area contributed by atoms with Gasteiger partial charge in [0, 0.05) is 26.7 Å². The van der Waals surface area contributed by atoms with Crippen LogP contribution in [0.4, 0.5) is 0 Å². The zero-order valence-electron chi connectivity index (χ0n) is 12.5. The van der Waals surface area contributed by atoms with E-state index in [0.29, 0.717) is 19.7 Å². The highest BCUT2D eigenvalue weighted by molar-refractivity contribution is 5.78. The van der Waals surface area contributed by atoms with Gasteiger partial charge in [-0.3, -0.25) is 9.69 Å². The van der Waals surface area contributed by atoms with Crippen LogP contribution in [0.15, 0.2) is 24.3 Å². The molecule has 2 N–H and O–H groups in total. The summed E-state index contributed by atoms with van der Waals surface area (Å²) in [5, 5.41) is 12.4. The van der Waals surface area contributed by atoms with E-state index in [1.54, 1.807) is 7.11 Å². The summed E-state index contributed by atoms with van der Waals surface area (Å²) in [4.78, 5) is 14.0. The smallest absolute Gasteiger partial charge is 0.234 e. The van der Waals surface area contributed by atoms with Crippen molar-refractivity contribution in [1.82, 2.24) is 10.2 Å². The third kappa shape index (κ3) is 5.46. The second-order valence-electron chi connectivity index (χ2n) is 5.53. The Bertz CT molecular complexity index is 439. The van der Waals surface area contributed by atoms with Crippen LogP contribution in [0, 0.1) is 0 Å². The Labute approximate surface area is 125 Å². The molecule has 0 unspecified atom stereocenters. The van der Waals surface area contributed by atoms with E-state index in [1.165, 1.54) is 0 Å². The highest BCUT2D eigenvalue weighted by Crippen LogP contribution is 2.09. The van der Waals surface area contributed by atoms with Gasteiger partial charge in [-0.05, 0) is 24.0 Å². The molecule has 0 spiro atoms. The lowest BCUT2D eigenvalue weighted by molar-refractivity contribution is -0.122. The number of aliphatic hydroxyl groups excluding tert-OH is 1. The van der Waals surface area contributed by atoms with Gasteiger partial charge in [-0.1, -0.05) is 24.3 Å². The van der Waals surface area contributed by atoms with E-state index in [4.69, 9.17) is 4.74 Å². The molecule has 1 aliphatic rings. The quantitative estimate of drug-likeness (QED) is 0.818. The fourth-order valence-corrected chi connectivity index (χ4v) is 2.46. The Morgan fingerprint density at radius 1 is 1.29 bits per heavy atom. The SMILES string of the molecule is COCc1ccc(CNC(=O)CN2CCC(O)CC2)cc1. The summed E-state index contributed by atoms with van der Waals surface area (Å²) in [6.45, 7) is 3.14. The fourth-order valence-electron chi connectivity index (χ4n) is 2.46. The monoisotopic (exact) mass is 292 g/mol. The van der Waals surface area contributed by atoms with Crippen LogP contribution in [0.3, 0.4) is 0 Å². The second-order valence-corrected chi connectivity index (χ2v) is 5.53. The average molecular weight is 292 g/mol. The van der Waals surface area contributed by atoms with Crippen molar-refractivity contribution in [3.05, 3.63) is 35.4 Å². The number of likely N-dealkylation sites (tertiary alicyclic amines) is 1. The number of ether oxygens (including phenoxy) is 1. The van der Waals surface area contributed by atoms with Crippen LogP contribution in [-0.4, -0.2) is 48.8 Å². The molecule has 1 amide bonds. The number of hydrogen-bond donors (Lipinski definition) is 2. The summed E-state index contributed by atoms with van der Waals surface area (Å²) in [5.41, 5.74) is 2.21. The number of rotatable bonds is 6. The van der Waals surface area contributed by atoms with Gasteiger partial charge in [0.05, 0.1) is 19.3 Å². The van der Waals surface area contributed by atoms with E-state index in [1.807, 2.05) is 24.3 Å². The van der Waals surface area contributed by atoms with Gasteiger partial charge >= 0.3 is 0 Å². The first-order chi connectivity index (χ1) is 10.2. The van der Waals surface area contributed by atoms with Crippen molar-refractivity contribution in [3.63, 3.8) is 0 Å². The summed E-state index contributed by atoms with van der Waals surface area (Å²) in [5.74, 6) is 0.0346. The minimum absolute atomic E-state index is 0.0346.